The first kappa shape index (κ1) is 29.7. The zero-order valence-electron chi connectivity index (χ0n) is 24.9. The molecule has 0 spiro atoms. The largest absolute Gasteiger partial charge is 0.492 e. The van der Waals surface area contributed by atoms with Gasteiger partial charge in [0.15, 0.2) is 0 Å². The highest BCUT2D eigenvalue weighted by Crippen LogP contribution is 2.44. The fourth-order valence-corrected chi connectivity index (χ4v) is 6.22. The summed E-state index contributed by atoms with van der Waals surface area (Å²) < 4.78 is 19.1. The number of hydrogen-bond acceptors (Lipinski definition) is 7. The number of fused-ring (bicyclic) bond motifs is 1. The van der Waals surface area contributed by atoms with E-state index in [0.29, 0.717) is 18.1 Å². The Morgan fingerprint density at radius 3 is 2.43 bits per heavy atom. The van der Waals surface area contributed by atoms with E-state index in [0.717, 1.165) is 77.2 Å². The number of ether oxygens (including phenoxy) is 3. The lowest BCUT2D eigenvalue weighted by atomic mass is 9.87. The lowest BCUT2D eigenvalue weighted by molar-refractivity contribution is -0.115. The van der Waals surface area contributed by atoms with Crippen molar-refractivity contribution in [1.82, 2.24) is 10.2 Å². The van der Waals surface area contributed by atoms with Gasteiger partial charge in [-0.3, -0.25) is 19.8 Å². The average Bonchev–Trinajstić information content (AvgIpc) is 3.28. The van der Waals surface area contributed by atoms with Gasteiger partial charge in [0.05, 0.1) is 4.91 Å². The summed E-state index contributed by atoms with van der Waals surface area (Å²) in [7, 11) is 2.10. The highest BCUT2D eigenvalue weighted by Gasteiger charge is 2.35. The van der Waals surface area contributed by atoms with E-state index < -0.39 is 0 Å². The first-order chi connectivity index (χ1) is 20.1. The minimum atomic E-state index is -0.356. The van der Waals surface area contributed by atoms with Gasteiger partial charge in [-0.2, -0.15) is 0 Å². The molecule has 8 heteroatoms. The van der Waals surface area contributed by atoms with E-state index in [1.54, 1.807) is 6.08 Å². The maximum atomic E-state index is 11.8. The van der Waals surface area contributed by atoms with Crippen molar-refractivity contribution >= 4 is 29.0 Å². The Labute approximate surface area is 252 Å². The molecule has 1 N–H and O–H groups in total. The number of thioether (sulfide) groups is 1. The molecule has 0 saturated carbocycles. The van der Waals surface area contributed by atoms with E-state index >= 15 is 0 Å². The molecule has 0 aromatic heterocycles. The highest BCUT2D eigenvalue weighted by molar-refractivity contribution is 8.18. The number of hydrogen-bond donors (Lipinski definition) is 1. The van der Waals surface area contributed by atoms with Gasteiger partial charge in [-0.15, -0.1) is 0 Å². The molecule has 2 heterocycles. The molecule has 0 bridgehead atoms. The molecule has 3 aromatic carbocycles. The Balaban J connectivity index is 1.15. The maximum absolute atomic E-state index is 11.8. The molecule has 7 nitrogen and oxygen atoms in total. The van der Waals surface area contributed by atoms with Crippen LogP contribution in [0, 0.1) is 20.8 Å². The van der Waals surface area contributed by atoms with Gasteiger partial charge in [0.1, 0.15) is 36.1 Å². The number of benzene rings is 3. The number of nitrogens with zero attached hydrogens (tertiary/aromatic N) is 1. The normalized spacial score (nSPS) is 19.0. The van der Waals surface area contributed by atoms with Crippen LogP contribution in [-0.2, 0) is 17.8 Å². The quantitative estimate of drug-likeness (QED) is 0.268. The van der Waals surface area contributed by atoms with Crippen molar-refractivity contribution in [3.8, 4) is 17.2 Å². The van der Waals surface area contributed by atoms with E-state index in [4.69, 9.17) is 14.2 Å². The molecular weight excluding hydrogens is 548 g/mol. The summed E-state index contributed by atoms with van der Waals surface area (Å²) in [5, 5.41) is 1.92. The van der Waals surface area contributed by atoms with E-state index in [1.807, 2.05) is 42.5 Å². The average molecular weight is 587 g/mol. The number of nitrogens with one attached hydrogen (secondary N) is 1. The fourth-order valence-electron chi connectivity index (χ4n) is 5.54. The molecule has 3 aromatic rings. The van der Waals surface area contributed by atoms with Crippen LogP contribution in [0.15, 0.2) is 59.5 Å². The number of carbonyl (C=O) groups excluding carboxylic acids is 2. The van der Waals surface area contributed by atoms with Gasteiger partial charge in [-0.25, -0.2) is 0 Å². The summed E-state index contributed by atoms with van der Waals surface area (Å²) >= 11 is 0.912. The Kier molecular flexibility index (Phi) is 8.94. The molecule has 1 fully saturated rings. The van der Waals surface area contributed by atoms with Crippen LogP contribution >= 0.6 is 11.8 Å². The van der Waals surface area contributed by atoms with E-state index in [1.165, 1.54) is 11.1 Å². The first-order valence-electron chi connectivity index (χ1n) is 14.3. The second-order valence-electron chi connectivity index (χ2n) is 11.3. The van der Waals surface area contributed by atoms with Crippen molar-refractivity contribution in [2.24, 2.45) is 0 Å². The summed E-state index contributed by atoms with van der Waals surface area (Å²) in [5.74, 6) is 2.37. The first-order valence-corrected chi connectivity index (χ1v) is 15.1. The van der Waals surface area contributed by atoms with Gasteiger partial charge in [0.25, 0.3) is 11.1 Å². The van der Waals surface area contributed by atoms with Gasteiger partial charge in [-0.05, 0) is 105 Å². The standard InChI is InChI=1S/C34H38N2O5S/c1-22-23(2)31-28(24(3)30(22)40-20-26-9-7-6-8-10-26)15-16-34(4,41-31)21-36(5)17-18-39-27-13-11-25(12-14-27)19-29-32(37)35-33(38)42-29/h6-14,19H,15-18,20-21H2,1-5H3,(H,35,37,38). The molecule has 2 aliphatic rings. The van der Waals surface area contributed by atoms with E-state index in [2.05, 4.69) is 57.1 Å². The van der Waals surface area contributed by atoms with Crippen LogP contribution in [0.2, 0.25) is 0 Å². The van der Waals surface area contributed by atoms with Crippen LogP contribution in [0.4, 0.5) is 4.79 Å². The zero-order chi connectivity index (χ0) is 29.9. The predicted molar refractivity (Wildman–Crippen MR) is 167 cm³/mol. The molecule has 1 atom stereocenters. The minimum absolute atomic E-state index is 0.307. The molecule has 0 aliphatic carbocycles. The minimum Gasteiger partial charge on any atom is -0.492 e. The number of amides is 2. The molecular formula is C34H38N2O5S. The molecule has 2 amide bonds. The third-order valence-corrected chi connectivity index (χ3v) is 8.77. The number of imide groups is 1. The van der Waals surface area contributed by atoms with Gasteiger partial charge in [0, 0.05) is 18.7 Å². The number of carbonyl (C=O) groups is 2. The van der Waals surface area contributed by atoms with Gasteiger partial charge in [0.2, 0.25) is 0 Å². The molecule has 5 rings (SSSR count). The van der Waals surface area contributed by atoms with Crippen LogP contribution in [0.5, 0.6) is 17.2 Å². The van der Waals surface area contributed by atoms with Gasteiger partial charge in [-0.1, -0.05) is 42.5 Å². The van der Waals surface area contributed by atoms with Crippen molar-refractivity contribution in [3.05, 3.63) is 92.9 Å². The lowest BCUT2D eigenvalue weighted by Gasteiger charge is -2.40. The SMILES string of the molecule is Cc1c(C)c2c(c(C)c1OCc1ccccc1)CCC(C)(CN(C)CCOc1ccc(C=C3SC(=O)NC3=O)cc1)O2. The monoisotopic (exact) mass is 586 g/mol. The molecule has 0 radical (unpaired) electrons. The molecule has 1 saturated heterocycles. The van der Waals surface area contributed by atoms with Crippen molar-refractivity contribution in [2.45, 2.75) is 52.7 Å². The van der Waals surface area contributed by atoms with Crippen LogP contribution in [-0.4, -0.2) is 48.4 Å². The van der Waals surface area contributed by atoms with Crippen LogP contribution in [0.1, 0.15) is 46.7 Å². The van der Waals surface area contributed by atoms with Crippen molar-refractivity contribution < 1.29 is 23.8 Å². The molecule has 2 aliphatic heterocycles. The predicted octanol–water partition coefficient (Wildman–Crippen LogP) is 6.61. The third-order valence-electron chi connectivity index (χ3n) is 7.96. The third kappa shape index (κ3) is 6.82. The van der Waals surface area contributed by atoms with Gasteiger partial charge >= 0.3 is 0 Å². The smallest absolute Gasteiger partial charge is 0.290 e. The zero-order valence-corrected chi connectivity index (χ0v) is 25.7. The summed E-state index contributed by atoms with van der Waals surface area (Å²) in [4.78, 5) is 25.8. The fraction of sp³-hybridized carbons (Fsp3) is 0.353. The molecule has 42 heavy (non-hydrogen) atoms. The Bertz CT molecular complexity index is 1500. The number of likely N-dealkylation sites (N-methyl/N-ethyl adjacent to an activating group) is 1. The summed E-state index contributed by atoms with van der Waals surface area (Å²) in [6.07, 6.45) is 3.57. The Morgan fingerprint density at radius 1 is 1.00 bits per heavy atom. The maximum Gasteiger partial charge on any atom is 0.290 e. The molecule has 1 unspecified atom stereocenters. The lowest BCUT2D eigenvalue weighted by Crippen LogP contribution is -2.47. The second kappa shape index (κ2) is 12.6. The van der Waals surface area contributed by atoms with Crippen molar-refractivity contribution in [2.75, 3.05) is 26.7 Å². The second-order valence-corrected chi connectivity index (χ2v) is 12.4. The molecule has 220 valence electrons. The van der Waals surface area contributed by atoms with E-state index in [-0.39, 0.29) is 16.7 Å². The summed E-state index contributed by atoms with van der Waals surface area (Å²) in [5.41, 5.74) is 6.40. The summed E-state index contributed by atoms with van der Waals surface area (Å²) in [6.45, 7) is 11.2. The van der Waals surface area contributed by atoms with Crippen LogP contribution in [0.25, 0.3) is 6.08 Å². The van der Waals surface area contributed by atoms with Crippen molar-refractivity contribution in [3.63, 3.8) is 0 Å². The van der Waals surface area contributed by atoms with Crippen LogP contribution < -0.4 is 19.5 Å². The Morgan fingerprint density at radius 2 is 1.74 bits per heavy atom. The summed E-state index contributed by atoms with van der Waals surface area (Å²) in [6, 6.07) is 17.8. The van der Waals surface area contributed by atoms with Crippen LogP contribution in [0.3, 0.4) is 0 Å². The highest BCUT2D eigenvalue weighted by atomic mass is 32.2. The van der Waals surface area contributed by atoms with Crippen molar-refractivity contribution in [1.29, 1.82) is 0 Å². The number of rotatable bonds is 10. The topological polar surface area (TPSA) is 77.1 Å². The van der Waals surface area contributed by atoms with E-state index in [9.17, 15) is 9.59 Å². The Hall–Kier alpha value is -3.75. The van der Waals surface area contributed by atoms with Gasteiger partial charge < -0.3 is 14.2 Å².